The normalized spacial score (nSPS) is 13.2. The van der Waals surface area contributed by atoms with Crippen molar-refractivity contribution in [1.29, 1.82) is 0 Å². The van der Waals surface area contributed by atoms with Crippen molar-refractivity contribution in [2.24, 2.45) is 0 Å². The van der Waals surface area contributed by atoms with Gasteiger partial charge in [-0.2, -0.15) is 5.10 Å². The zero-order valence-corrected chi connectivity index (χ0v) is 14.2. The third-order valence-corrected chi connectivity index (χ3v) is 4.68. The molecule has 27 heavy (non-hydrogen) atoms. The summed E-state index contributed by atoms with van der Waals surface area (Å²) in [6.07, 6.45) is 5.86. The molecule has 8 heteroatoms. The number of hydrogen-bond donors (Lipinski definition) is 2. The summed E-state index contributed by atoms with van der Waals surface area (Å²) < 4.78 is 3.74. The smallest absolute Gasteiger partial charge is 0.156 e. The number of nitrogens with one attached hydrogen (secondary N) is 2. The minimum atomic E-state index is 0.757. The summed E-state index contributed by atoms with van der Waals surface area (Å²) in [4.78, 5) is 14.0. The number of anilines is 1. The lowest BCUT2D eigenvalue weighted by Crippen LogP contribution is -2.11. The zero-order valence-electron chi connectivity index (χ0n) is 14.2. The van der Waals surface area contributed by atoms with Gasteiger partial charge in [-0.05, 0) is 24.3 Å². The van der Waals surface area contributed by atoms with Gasteiger partial charge in [0.15, 0.2) is 5.65 Å². The third-order valence-electron chi connectivity index (χ3n) is 4.68. The monoisotopic (exact) mass is 354 g/mol. The molecular weight excluding hydrogens is 340 g/mol. The summed E-state index contributed by atoms with van der Waals surface area (Å²) in [5.41, 5.74) is 12.2. The van der Waals surface area contributed by atoms with E-state index < -0.39 is 0 Å². The summed E-state index contributed by atoms with van der Waals surface area (Å²) in [5.74, 6) is 0.850. The molecule has 0 saturated carbocycles. The van der Waals surface area contributed by atoms with Crippen LogP contribution in [0.25, 0.3) is 34.1 Å². The van der Waals surface area contributed by atoms with Crippen molar-refractivity contribution in [3.8, 4) is 22.8 Å². The van der Waals surface area contributed by atoms with Gasteiger partial charge in [0.25, 0.3) is 0 Å². The highest BCUT2D eigenvalue weighted by atomic mass is 15.4. The molecule has 8 nitrogen and oxygen atoms in total. The van der Waals surface area contributed by atoms with E-state index >= 15 is 0 Å². The predicted octanol–water partition coefficient (Wildman–Crippen LogP) is 2.54. The first-order valence-corrected chi connectivity index (χ1v) is 8.63. The summed E-state index contributed by atoms with van der Waals surface area (Å²) in [5, 5.41) is 4.60. The molecule has 5 aromatic rings. The Hall–Kier alpha value is -3.78. The van der Waals surface area contributed by atoms with Crippen LogP contribution in [0, 0.1) is 0 Å². The van der Waals surface area contributed by atoms with E-state index in [1.54, 1.807) is 4.52 Å². The number of hydrazine groups is 1. The molecule has 0 atom stereocenters. The first kappa shape index (κ1) is 14.4. The molecular formula is C19H14N8. The fraction of sp³-hybridized carbons (Fsp3) is 0.0526. The number of rotatable bonds is 2. The van der Waals surface area contributed by atoms with Crippen molar-refractivity contribution >= 4 is 17.1 Å². The summed E-state index contributed by atoms with van der Waals surface area (Å²) in [6, 6.07) is 13.8. The van der Waals surface area contributed by atoms with Crippen LogP contribution in [0.15, 0.2) is 61.1 Å². The van der Waals surface area contributed by atoms with Gasteiger partial charge < -0.3 is 9.83 Å². The van der Waals surface area contributed by atoms with Crippen molar-refractivity contribution in [3.05, 3.63) is 66.6 Å². The van der Waals surface area contributed by atoms with Gasteiger partial charge in [-0.25, -0.2) is 24.9 Å². The van der Waals surface area contributed by atoms with Gasteiger partial charge in [-0.3, -0.25) is 0 Å². The molecule has 0 spiro atoms. The molecule has 6 heterocycles. The van der Waals surface area contributed by atoms with E-state index in [1.807, 2.05) is 59.4 Å². The lowest BCUT2D eigenvalue weighted by molar-refractivity contribution is 0.859. The molecule has 6 rings (SSSR count). The van der Waals surface area contributed by atoms with Gasteiger partial charge in [0.05, 0.1) is 11.4 Å². The molecule has 1 aliphatic rings. The summed E-state index contributed by atoms with van der Waals surface area (Å²) >= 11 is 0. The Morgan fingerprint density at radius 1 is 0.815 bits per heavy atom. The van der Waals surface area contributed by atoms with Gasteiger partial charge in [-0.15, -0.1) is 0 Å². The second kappa shape index (κ2) is 5.36. The SMILES string of the molecule is c1ccn2cc(-c3ccn4nc(-c5ccc6c(n5)NNC6)cc4n3)nc2c1. The highest BCUT2D eigenvalue weighted by Crippen LogP contribution is 2.24. The maximum absolute atomic E-state index is 4.73. The van der Waals surface area contributed by atoms with Crippen LogP contribution >= 0.6 is 0 Å². The van der Waals surface area contributed by atoms with E-state index in [9.17, 15) is 0 Å². The first-order valence-electron chi connectivity index (χ1n) is 8.63. The third kappa shape index (κ3) is 2.27. The standard InChI is InChI=1S/C19H14N8/c1-2-7-26-11-16(22-17(26)3-1)14-6-8-27-18(21-14)9-15(25-27)13-5-4-12-10-20-24-19(12)23-13/h1-9,11,20H,10H2,(H,23,24). The molecule has 0 radical (unpaired) electrons. The van der Waals surface area contributed by atoms with E-state index in [0.29, 0.717) is 0 Å². The quantitative estimate of drug-likeness (QED) is 0.507. The van der Waals surface area contributed by atoms with E-state index in [1.165, 1.54) is 0 Å². The zero-order chi connectivity index (χ0) is 17.8. The molecule has 0 aliphatic carbocycles. The van der Waals surface area contributed by atoms with E-state index in [4.69, 9.17) is 4.98 Å². The lowest BCUT2D eigenvalue weighted by atomic mass is 10.2. The Labute approximate surface area is 153 Å². The number of aromatic nitrogens is 6. The Morgan fingerprint density at radius 3 is 2.70 bits per heavy atom. The summed E-state index contributed by atoms with van der Waals surface area (Å²) in [7, 11) is 0. The molecule has 0 aromatic carbocycles. The Morgan fingerprint density at radius 2 is 1.74 bits per heavy atom. The molecule has 130 valence electrons. The predicted molar refractivity (Wildman–Crippen MR) is 101 cm³/mol. The van der Waals surface area contributed by atoms with Crippen LogP contribution < -0.4 is 10.9 Å². The Bertz CT molecular complexity index is 1280. The number of fused-ring (bicyclic) bond motifs is 3. The second-order valence-corrected chi connectivity index (χ2v) is 6.42. The topological polar surface area (TPSA) is 84.4 Å². The maximum Gasteiger partial charge on any atom is 0.156 e. The Balaban J connectivity index is 1.43. The average Bonchev–Trinajstić information content (AvgIpc) is 3.42. The molecule has 0 unspecified atom stereocenters. The first-order chi connectivity index (χ1) is 13.3. The second-order valence-electron chi connectivity index (χ2n) is 6.42. The van der Waals surface area contributed by atoms with Crippen molar-refractivity contribution in [2.75, 3.05) is 5.43 Å². The van der Waals surface area contributed by atoms with Crippen LogP contribution in [0.3, 0.4) is 0 Å². The number of pyridine rings is 2. The van der Waals surface area contributed by atoms with Gasteiger partial charge in [0, 0.05) is 36.8 Å². The molecule has 0 fully saturated rings. The molecule has 1 aliphatic heterocycles. The lowest BCUT2D eigenvalue weighted by Gasteiger charge is -2.00. The fourth-order valence-electron chi connectivity index (χ4n) is 3.31. The largest absolute Gasteiger partial charge is 0.306 e. The van der Waals surface area contributed by atoms with Gasteiger partial charge in [-0.1, -0.05) is 12.1 Å². The Kier molecular flexibility index (Phi) is 2.86. The minimum absolute atomic E-state index is 0.757. The molecule has 0 bridgehead atoms. The summed E-state index contributed by atoms with van der Waals surface area (Å²) in [6.45, 7) is 0.776. The number of hydrogen-bond acceptors (Lipinski definition) is 6. The van der Waals surface area contributed by atoms with Crippen LogP contribution in [-0.2, 0) is 6.54 Å². The minimum Gasteiger partial charge on any atom is -0.306 e. The fourth-order valence-corrected chi connectivity index (χ4v) is 3.31. The van der Waals surface area contributed by atoms with Gasteiger partial charge >= 0.3 is 0 Å². The van der Waals surface area contributed by atoms with Crippen molar-refractivity contribution in [1.82, 2.24) is 34.4 Å². The van der Waals surface area contributed by atoms with Crippen LogP contribution in [0.2, 0.25) is 0 Å². The van der Waals surface area contributed by atoms with E-state index in [-0.39, 0.29) is 0 Å². The molecule has 5 aromatic heterocycles. The van der Waals surface area contributed by atoms with E-state index in [0.717, 1.165) is 52.0 Å². The average molecular weight is 354 g/mol. The highest BCUT2D eigenvalue weighted by Gasteiger charge is 2.15. The maximum atomic E-state index is 4.73. The van der Waals surface area contributed by atoms with E-state index in [2.05, 4.69) is 32.0 Å². The molecule has 0 saturated heterocycles. The molecule has 0 amide bonds. The number of nitrogens with zero attached hydrogens (tertiary/aromatic N) is 6. The highest BCUT2D eigenvalue weighted by molar-refractivity contribution is 5.66. The van der Waals surface area contributed by atoms with Crippen LogP contribution in [0.5, 0.6) is 0 Å². The van der Waals surface area contributed by atoms with Crippen LogP contribution in [0.4, 0.5) is 5.82 Å². The molecule has 2 N–H and O–H groups in total. The van der Waals surface area contributed by atoms with Crippen LogP contribution in [0.1, 0.15) is 5.56 Å². The van der Waals surface area contributed by atoms with Gasteiger partial charge in [0.2, 0.25) is 0 Å². The van der Waals surface area contributed by atoms with Crippen molar-refractivity contribution < 1.29 is 0 Å². The number of imidazole rings is 1. The van der Waals surface area contributed by atoms with Crippen molar-refractivity contribution in [3.63, 3.8) is 0 Å². The van der Waals surface area contributed by atoms with Crippen molar-refractivity contribution in [2.45, 2.75) is 6.54 Å². The van der Waals surface area contributed by atoms with Crippen LogP contribution in [-0.4, -0.2) is 29.0 Å². The van der Waals surface area contributed by atoms with Gasteiger partial charge in [0.1, 0.15) is 22.9 Å².